The Morgan fingerprint density at radius 3 is 2.72 bits per heavy atom. The van der Waals surface area contributed by atoms with E-state index in [9.17, 15) is 0 Å². The number of nitrogen functional groups attached to an aromatic ring is 1. The van der Waals surface area contributed by atoms with Crippen molar-refractivity contribution >= 4 is 11.9 Å². The second-order valence-electron chi connectivity index (χ2n) is 4.97. The highest BCUT2D eigenvalue weighted by Gasteiger charge is 2.28. The maximum Gasteiger partial charge on any atom is 0.323 e. The fourth-order valence-electron chi connectivity index (χ4n) is 2.33. The van der Waals surface area contributed by atoms with Gasteiger partial charge in [0.25, 0.3) is 0 Å². The van der Waals surface area contributed by atoms with E-state index in [1.165, 1.54) is 0 Å². The Morgan fingerprint density at radius 2 is 2.11 bits per heavy atom. The van der Waals surface area contributed by atoms with Crippen molar-refractivity contribution < 1.29 is 4.74 Å². The molecule has 0 spiro atoms. The van der Waals surface area contributed by atoms with Gasteiger partial charge in [0.2, 0.25) is 11.9 Å². The number of aromatic nitrogens is 3. The van der Waals surface area contributed by atoms with Crippen LogP contribution in [0.25, 0.3) is 0 Å². The minimum Gasteiger partial charge on any atom is -0.463 e. The molecular formula is C12H21N5O. The molecule has 0 saturated carbocycles. The zero-order chi connectivity index (χ0) is 13.1. The third-order valence-electron chi connectivity index (χ3n) is 3.10. The number of anilines is 2. The van der Waals surface area contributed by atoms with E-state index in [0.29, 0.717) is 30.5 Å². The number of hydrogen-bond acceptors (Lipinski definition) is 6. The molecule has 100 valence electrons. The van der Waals surface area contributed by atoms with Gasteiger partial charge in [-0.05, 0) is 25.7 Å². The van der Waals surface area contributed by atoms with E-state index in [0.717, 1.165) is 19.4 Å². The normalized spacial score (nSPS) is 23.4. The highest BCUT2D eigenvalue weighted by atomic mass is 16.5. The van der Waals surface area contributed by atoms with Crippen LogP contribution in [0.2, 0.25) is 0 Å². The van der Waals surface area contributed by atoms with Gasteiger partial charge in [0, 0.05) is 12.6 Å². The van der Waals surface area contributed by atoms with Crippen LogP contribution in [0.4, 0.5) is 11.9 Å². The van der Waals surface area contributed by atoms with Crippen LogP contribution < -0.4 is 15.4 Å². The van der Waals surface area contributed by atoms with Crippen LogP contribution in [0.5, 0.6) is 6.01 Å². The summed E-state index contributed by atoms with van der Waals surface area (Å²) in [6.45, 7) is 7.99. The molecule has 2 N–H and O–H groups in total. The number of nitrogens with zero attached hydrogens (tertiary/aromatic N) is 4. The molecule has 2 unspecified atom stereocenters. The first kappa shape index (κ1) is 12.9. The third kappa shape index (κ3) is 2.80. The van der Waals surface area contributed by atoms with E-state index in [1.807, 2.05) is 6.92 Å². The lowest BCUT2D eigenvalue weighted by Crippen LogP contribution is -2.29. The predicted molar refractivity (Wildman–Crippen MR) is 70.6 cm³/mol. The Hall–Kier alpha value is -1.59. The summed E-state index contributed by atoms with van der Waals surface area (Å²) in [5, 5.41) is 0. The van der Waals surface area contributed by atoms with E-state index in [2.05, 4.69) is 33.7 Å². The summed E-state index contributed by atoms with van der Waals surface area (Å²) in [5.74, 6) is 1.50. The largest absolute Gasteiger partial charge is 0.463 e. The Bertz CT molecular complexity index is 411. The van der Waals surface area contributed by atoms with Gasteiger partial charge in [-0.2, -0.15) is 15.0 Å². The fraction of sp³-hybridized carbons (Fsp3) is 0.750. The minimum absolute atomic E-state index is 0.220. The molecule has 2 heterocycles. The Balaban J connectivity index is 2.19. The van der Waals surface area contributed by atoms with E-state index in [4.69, 9.17) is 10.5 Å². The van der Waals surface area contributed by atoms with E-state index in [1.54, 1.807) is 0 Å². The summed E-state index contributed by atoms with van der Waals surface area (Å²) in [6.07, 6.45) is 2.06. The lowest BCUT2D eigenvalue weighted by molar-refractivity contribution is 0.292. The number of ether oxygens (including phenoxy) is 1. The van der Waals surface area contributed by atoms with Gasteiger partial charge in [-0.15, -0.1) is 0 Å². The average Bonchev–Trinajstić information content (AvgIpc) is 2.65. The average molecular weight is 251 g/mol. The molecule has 1 saturated heterocycles. The second-order valence-corrected chi connectivity index (χ2v) is 4.97. The van der Waals surface area contributed by atoms with Gasteiger partial charge in [-0.3, -0.25) is 0 Å². The van der Waals surface area contributed by atoms with Gasteiger partial charge in [0.15, 0.2) is 0 Å². The SMILES string of the molecule is CCCOc1nc(N)nc(N2CC(C)CC2C)n1. The summed E-state index contributed by atoms with van der Waals surface area (Å²) in [7, 11) is 0. The van der Waals surface area contributed by atoms with Crippen molar-refractivity contribution in [3.05, 3.63) is 0 Å². The van der Waals surface area contributed by atoms with Gasteiger partial charge >= 0.3 is 6.01 Å². The highest BCUT2D eigenvalue weighted by molar-refractivity contribution is 5.38. The van der Waals surface area contributed by atoms with Crippen LogP contribution >= 0.6 is 0 Å². The van der Waals surface area contributed by atoms with Crippen molar-refractivity contribution in [2.24, 2.45) is 5.92 Å². The van der Waals surface area contributed by atoms with Crippen molar-refractivity contribution in [2.75, 3.05) is 23.8 Å². The molecule has 0 radical (unpaired) electrons. The third-order valence-corrected chi connectivity index (χ3v) is 3.10. The molecule has 1 aliphatic heterocycles. The van der Waals surface area contributed by atoms with Gasteiger partial charge in [-0.1, -0.05) is 13.8 Å². The summed E-state index contributed by atoms with van der Waals surface area (Å²) in [6, 6.07) is 0.756. The Labute approximate surface area is 108 Å². The molecule has 0 aromatic carbocycles. The second kappa shape index (κ2) is 5.37. The van der Waals surface area contributed by atoms with Gasteiger partial charge < -0.3 is 15.4 Å². The van der Waals surface area contributed by atoms with Crippen LogP contribution in [0, 0.1) is 5.92 Å². The van der Waals surface area contributed by atoms with Crippen LogP contribution in [0.3, 0.4) is 0 Å². The Kier molecular flexibility index (Phi) is 3.84. The maximum atomic E-state index is 5.71. The number of nitrogens with two attached hydrogens (primary N) is 1. The predicted octanol–water partition coefficient (Wildman–Crippen LogP) is 1.48. The van der Waals surface area contributed by atoms with Gasteiger partial charge in [0.05, 0.1) is 6.61 Å². The molecule has 6 heteroatoms. The number of rotatable bonds is 4. The molecule has 6 nitrogen and oxygen atoms in total. The minimum atomic E-state index is 0.220. The first-order valence-corrected chi connectivity index (χ1v) is 6.51. The molecule has 18 heavy (non-hydrogen) atoms. The molecule has 1 aromatic rings. The standard InChI is InChI=1S/C12H21N5O/c1-4-5-18-12-15-10(13)14-11(16-12)17-7-8(2)6-9(17)3/h8-9H,4-7H2,1-3H3,(H2,13,14,15,16). The first-order chi connectivity index (χ1) is 8.60. The quantitative estimate of drug-likeness (QED) is 0.873. The van der Waals surface area contributed by atoms with Crippen LogP contribution in [-0.2, 0) is 0 Å². The van der Waals surface area contributed by atoms with Crippen LogP contribution in [0.15, 0.2) is 0 Å². The fourth-order valence-corrected chi connectivity index (χ4v) is 2.33. The molecule has 1 fully saturated rings. The van der Waals surface area contributed by atoms with E-state index in [-0.39, 0.29) is 5.95 Å². The van der Waals surface area contributed by atoms with Crippen LogP contribution in [0.1, 0.15) is 33.6 Å². The van der Waals surface area contributed by atoms with Crippen molar-refractivity contribution in [3.63, 3.8) is 0 Å². The van der Waals surface area contributed by atoms with Crippen molar-refractivity contribution in [1.29, 1.82) is 0 Å². The molecule has 0 amide bonds. The lowest BCUT2D eigenvalue weighted by Gasteiger charge is -2.21. The molecule has 0 bridgehead atoms. The topological polar surface area (TPSA) is 77.2 Å². The summed E-state index contributed by atoms with van der Waals surface area (Å²) >= 11 is 0. The zero-order valence-electron chi connectivity index (χ0n) is 11.3. The van der Waals surface area contributed by atoms with E-state index < -0.39 is 0 Å². The first-order valence-electron chi connectivity index (χ1n) is 6.51. The zero-order valence-corrected chi connectivity index (χ0v) is 11.3. The van der Waals surface area contributed by atoms with Gasteiger partial charge in [0.1, 0.15) is 0 Å². The molecule has 1 aliphatic rings. The van der Waals surface area contributed by atoms with E-state index >= 15 is 0 Å². The highest BCUT2D eigenvalue weighted by Crippen LogP contribution is 2.27. The monoisotopic (exact) mass is 251 g/mol. The molecule has 1 aromatic heterocycles. The van der Waals surface area contributed by atoms with Crippen molar-refractivity contribution in [3.8, 4) is 6.01 Å². The summed E-state index contributed by atoms with van der Waals surface area (Å²) < 4.78 is 5.43. The summed E-state index contributed by atoms with van der Waals surface area (Å²) in [5.41, 5.74) is 5.71. The molecule has 2 atom stereocenters. The molecular weight excluding hydrogens is 230 g/mol. The van der Waals surface area contributed by atoms with Crippen LogP contribution in [-0.4, -0.2) is 34.1 Å². The van der Waals surface area contributed by atoms with Gasteiger partial charge in [-0.25, -0.2) is 0 Å². The lowest BCUT2D eigenvalue weighted by atomic mass is 10.1. The maximum absolute atomic E-state index is 5.71. The van der Waals surface area contributed by atoms with Crippen molar-refractivity contribution in [2.45, 2.75) is 39.7 Å². The Morgan fingerprint density at radius 1 is 1.33 bits per heavy atom. The summed E-state index contributed by atoms with van der Waals surface area (Å²) in [4.78, 5) is 14.7. The smallest absolute Gasteiger partial charge is 0.323 e. The molecule has 2 rings (SSSR count). The number of hydrogen-bond donors (Lipinski definition) is 1. The van der Waals surface area contributed by atoms with Crippen molar-refractivity contribution in [1.82, 2.24) is 15.0 Å². The molecule has 0 aliphatic carbocycles.